The molecule has 0 aliphatic rings. The number of halogens is 3. The third-order valence-electron chi connectivity index (χ3n) is 7.10. The number of aromatic nitrogens is 3. The molecular formula is C35H31ClF2N6O5. The predicted molar refractivity (Wildman–Crippen MR) is 177 cm³/mol. The highest BCUT2D eigenvalue weighted by Gasteiger charge is 2.24. The van der Waals surface area contributed by atoms with Crippen molar-refractivity contribution in [1.29, 1.82) is 0 Å². The Morgan fingerprint density at radius 2 is 1.51 bits per heavy atom. The molecule has 11 nitrogen and oxygen atoms in total. The molecule has 0 atom stereocenters. The van der Waals surface area contributed by atoms with Crippen molar-refractivity contribution < 1.29 is 32.7 Å². The molecule has 2 aromatic heterocycles. The van der Waals surface area contributed by atoms with Crippen molar-refractivity contribution in [2.75, 3.05) is 5.32 Å². The van der Waals surface area contributed by atoms with Crippen molar-refractivity contribution in [2.45, 2.75) is 46.4 Å². The molecule has 5 rings (SSSR count). The van der Waals surface area contributed by atoms with Crippen LogP contribution in [0.3, 0.4) is 0 Å². The number of rotatable bonds is 9. The second kappa shape index (κ2) is 14.2. The van der Waals surface area contributed by atoms with Crippen molar-refractivity contribution in [1.82, 2.24) is 25.2 Å². The molecule has 49 heavy (non-hydrogen) atoms. The SMILES string of the molecule is Cc1cc(CNC(=O)c2cc(C(=O)NCc3ccc(F)c(F)c3)nc3c(C(=O)Nc4ccccc4Cl)cnn23)ccc1C(=O)OC(C)(C)C. The van der Waals surface area contributed by atoms with E-state index >= 15 is 0 Å². The second-order valence-electron chi connectivity index (χ2n) is 12.0. The molecule has 252 valence electrons. The molecule has 0 saturated carbocycles. The number of aryl methyl sites for hydroxylation is 1. The first kappa shape index (κ1) is 34.6. The molecule has 0 fully saturated rings. The van der Waals surface area contributed by atoms with Gasteiger partial charge >= 0.3 is 5.97 Å². The number of fused-ring (bicyclic) bond motifs is 1. The van der Waals surface area contributed by atoms with Gasteiger partial charge in [0.25, 0.3) is 17.7 Å². The van der Waals surface area contributed by atoms with Crippen molar-refractivity contribution in [3.8, 4) is 0 Å². The maximum Gasteiger partial charge on any atom is 0.338 e. The van der Waals surface area contributed by atoms with Gasteiger partial charge in [-0.1, -0.05) is 41.9 Å². The molecule has 0 aliphatic carbocycles. The molecule has 0 saturated heterocycles. The standard InChI is InChI=1S/C35H31ClF2N6O5/c1-19-13-20(9-11-22(19)34(48)49-35(2,3)4)16-40-33(47)29-15-28(32(46)39-17-21-10-12-25(37)26(38)14-21)42-30-23(18-41-44(29)30)31(45)43-27-8-6-5-7-24(27)36/h5-15,18H,16-17H2,1-4H3,(H,39,46)(H,40,47)(H,43,45). The maximum atomic E-state index is 13.7. The summed E-state index contributed by atoms with van der Waals surface area (Å²) in [5, 5.41) is 12.5. The predicted octanol–water partition coefficient (Wildman–Crippen LogP) is 6.04. The highest BCUT2D eigenvalue weighted by molar-refractivity contribution is 6.34. The van der Waals surface area contributed by atoms with Gasteiger partial charge in [-0.05, 0) is 74.7 Å². The molecule has 3 N–H and O–H groups in total. The van der Waals surface area contributed by atoms with Gasteiger partial charge in [0.2, 0.25) is 0 Å². The summed E-state index contributed by atoms with van der Waals surface area (Å²) in [5.74, 6) is -4.64. The van der Waals surface area contributed by atoms with Crippen LogP contribution in [0.5, 0.6) is 0 Å². The normalized spacial score (nSPS) is 11.2. The first-order valence-electron chi connectivity index (χ1n) is 15.0. The smallest absolute Gasteiger partial charge is 0.338 e. The van der Waals surface area contributed by atoms with Crippen LogP contribution in [0.4, 0.5) is 14.5 Å². The highest BCUT2D eigenvalue weighted by atomic mass is 35.5. The van der Waals surface area contributed by atoms with E-state index in [4.69, 9.17) is 16.3 Å². The molecule has 0 aliphatic heterocycles. The van der Waals surface area contributed by atoms with Crippen LogP contribution in [0, 0.1) is 18.6 Å². The fourth-order valence-corrected chi connectivity index (χ4v) is 4.93. The van der Waals surface area contributed by atoms with Crippen LogP contribution >= 0.6 is 11.6 Å². The van der Waals surface area contributed by atoms with Gasteiger partial charge in [-0.25, -0.2) is 23.1 Å². The lowest BCUT2D eigenvalue weighted by Gasteiger charge is -2.20. The van der Waals surface area contributed by atoms with E-state index in [-0.39, 0.29) is 46.3 Å². The lowest BCUT2D eigenvalue weighted by molar-refractivity contribution is 0.00683. The number of para-hydroxylation sites is 1. The zero-order valence-electron chi connectivity index (χ0n) is 26.9. The number of hydrogen-bond acceptors (Lipinski definition) is 7. The van der Waals surface area contributed by atoms with Crippen molar-refractivity contribution in [3.63, 3.8) is 0 Å². The Hall–Kier alpha value is -5.69. The van der Waals surface area contributed by atoms with E-state index in [9.17, 15) is 28.0 Å². The number of ether oxygens (including phenoxy) is 1. The molecule has 0 bridgehead atoms. The van der Waals surface area contributed by atoms with Crippen LogP contribution in [0.1, 0.15) is 79.2 Å². The van der Waals surface area contributed by atoms with Gasteiger partial charge < -0.3 is 20.7 Å². The Bertz CT molecular complexity index is 2110. The Morgan fingerprint density at radius 3 is 2.18 bits per heavy atom. The Labute approximate surface area is 284 Å². The van der Waals surface area contributed by atoms with E-state index in [0.717, 1.165) is 16.6 Å². The zero-order valence-corrected chi connectivity index (χ0v) is 27.6. The molecule has 3 amide bonds. The summed E-state index contributed by atoms with van der Waals surface area (Å²) in [5.41, 5.74) is 1.11. The van der Waals surface area contributed by atoms with Crippen LogP contribution in [-0.2, 0) is 17.8 Å². The second-order valence-corrected chi connectivity index (χ2v) is 12.4. The van der Waals surface area contributed by atoms with E-state index in [2.05, 4.69) is 26.0 Å². The summed E-state index contributed by atoms with van der Waals surface area (Å²) in [6.07, 6.45) is 1.20. The minimum Gasteiger partial charge on any atom is -0.456 e. The first-order chi connectivity index (χ1) is 23.2. The average Bonchev–Trinajstić information content (AvgIpc) is 3.48. The fraction of sp³-hybridized carbons (Fsp3) is 0.200. The van der Waals surface area contributed by atoms with E-state index < -0.39 is 40.9 Å². The topological polar surface area (TPSA) is 144 Å². The summed E-state index contributed by atoms with van der Waals surface area (Å²) in [6, 6.07) is 16.0. The quantitative estimate of drug-likeness (QED) is 0.160. The summed E-state index contributed by atoms with van der Waals surface area (Å²) < 4.78 is 33.7. The molecule has 14 heteroatoms. The number of nitrogens with one attached hydrogen (secondary N) is 3. The summed E-state index contributed by atoms with van der Waals surface area (Å²) >= 11 is 6.21. The van der Waals surface area contributed by atoms with Gasteiger partial charge in [0.05, 0.1) is 22.5 Å². The van der Waals surface area contributed by atoms with Crippen LogP contribution in [0.25, 0.3) is 5.65 Å². The lowest BCUT2D eigenvalue weighted by Crippen LogP contribution is -2.29. The largest absolute Gasteiger partial charge is 0.456 e. The number of benzene rings is 3. The molecule has 0 spiro atoms. The third kappa shape index (κ3) is 8.25. The van der Waals surface area contributed by atoms with Crippen LogP contribution < -0.4 is 16.0 Å². The van der Waals surface area contributed by atoms with Gasteiger partial charge in [-0.2, -0.15) is 5.10 Å². The number of amides is 3. The zero-order chi connectivity index (χ0) is 35.5. The Kier molecular flexibility index (Phi) is 10.0. The number of carbonyl (C=O) groups excluding carboxylic acids is 4. The molecule has 2 heterocycles. The highest BCUT2D eigenvalue weighted by Crippen LogP contribution is 2.23. The number of esters is 1. The third-order valence-corrected chi connectivity index (χ3v) is 7.43. The van der Waals surface area contributed by atoms with E-state index in [0.29, 0.717) is 22.4 Å². The van der Waals surface area contributed by atoms with Gasteiger partial charge in [-0.3, -0.25) is 14.4 Å². The van der Waals surface area contributed by atoms with E-state index in [1.165, 1.54) is 18.3 Å². The number of nitrogens with zero attached hydrogens (tertiary/aromatic N) is 3. The Balaban J connectivity index is 1.43. The monoisotopic (exact) mass is 688 g/mol. The molecule has 0 unspecified atom stereocenters. The first-order valence-corrected chi connectivity index (χ1v) is 15.4. The van der Waals surface area contributed by atoms with Gasteiger partial charge in [0.15, 0.2) is 17.3 Å². The minimum atomic E-state index is -1.08. The van der Waals surface area contributed by atoms with Gasteiger partial charge in [-0.15, -0.1) is 0 Å². The Morgan fingerprint density at radius 1 is 0.837 bits per heavy atom. The van der Waals surface area contributed by atoms with E-state index in [1.807, 2.05) is 0 Å². The maximum absolute atomic E-state index is 13.7. The summed E-state index contributed by atoms with van der Waals surface area (Å²) in [7, 11) is 0. The molecule has 3 aromatic carbocycles. The lowest BCUT2D eigenvalue weighted by atomic mass is 10.0. The van der Waals surface area contributed by atoms with Crippen LogP contribution in [-0.4, -0.2) is 43.9 Å². The minimum absolute atomic E-state index is 0.0386. The van der Waals surface area contributed by atoms with Gasteiger partial charge in [0, 0.05) is 19.2 Å². The van der Waals surface area contributed by atoms with Crippen molar-refractivity contribution >= 4 is 46.6 Å². The van der Waals surface area contributed by atoms with Gasteiger partial charge in [0.1, 0.15) is 22.6 Å². The fourth-order valence-electron chi connectivity index (χ4n) is 4.75. The average molecular weight is 689 g/mol. The van der Waals surface area contributed by atoms with Crippen molar-refractivity contribution in [2.24, 2.45) is 0 Å². The molecular weight excluding hydrogens is 658 g/mol. The summed E-state index contributed by atoms with van der Waals surface area (Å²) in [6.45, 7) is 6.93. The van der Waals surface area contributed by atoms with E-state index in [1.54, 1.807) is 70.2 Å². The molecule has 5 aromatic rings. The number of anilines is 1. The molecule has 0 radical (unpaired) electrons. The number of carbonyl (C=O) groups is 4. The summed E-state index contributed by atoms with van der Waals surface area (Å²) in [4.78, 5) is 57.0. The number of hydrogen-bond donors (Lipinski definition) is 3. The van der Waals surface area contributed by atoms with Crippen molar-refractivity contribution in [3.05, 3.63) is 129 Å². The van der Waals surface area contributed by atoms with Crippen LogP contribution in [0.2, 0.25) is 5.02 Å². The van der Waals surface area contributed by atoms with Crippen LogP contribution in [0.15, 0.2) is 72.9 Å².